The van der Waals surface area contributed by atoms with E-state index in [1.54, 1.807) is 6.07 Å². The Morgan fingerprint density at radius 1 is 1.40 bits per heavy atom. The Labute approximate surface area is 114 Å². The lowest BCUT2D eigenvalue weighted by atomic mass is 10.1. The zero-order valence-corrected chi connectivity index (χ0v) is 12.9. The van der Waals surface area contributed by atoms with Crippen molar-refractivity contribution in [1.82, 2.24) is 0 Å². The summed E-state index contributed by atoms with van der Waals surface area (Å²) < 4.78 is 5.49. The molecule has 0 atom stereocenters. The van der Waals surface area contributed by atoms with Crippen LogP contribution in [0.2, 0.25) is 0 Å². The van der Waals surface area contributed by atoms with E-state index in [4.69, 9.17) is 0 Å². The predicted molar refractivity (Wildman–Crippen MR) is 70.8 cm³/mol. The van der Waals surface area contributed by atoms with Gasteiger partial charge in [-0.25, -0.2) is 4.79 Å². The van der Waals surface area contributed by atoms with Crippen LogP contribution in [0.1, 0.15) is 25.2 Å². The van der Waals surface area contributed by atoms with Gasteiger partial charge < -0.3 is 4.74 Å². The lowest BCUT2D eigenvalue weighted by molar-refractivity contribution is 0.0599. The quantitative estimate of drug-likeness (QED) is 0.545. The number of aryl methyl sites for hydroxylation is 1. The molecular weight excluding hydrogens is 392 g/mol. The van der Waals surface area contributed by atoms with Crippen LogP contribution >= 0.6 is 47.8 Å². The van der Waals surface area contributed by atoms with Crippen LogP contribution in [0, 0.1) is 6.92 Å². The van der Waals surface area contributed by atoms with Gasteiger partial charge in [0.05, 0.1) is 16.4 Å². The molecule has 0 aliphatic rings. The van der Waals surface area contributed by atoms with Crippen molar-refractivity contribution in [2.75, 3.05) is 7.11 Å². The number of carbonyl (C=O) groups excluding carboxylic acids is 1. The zero-order chi connectivity index (χ0) is 11.6. The molecule has 0 aliphatic carbocycles. The smallest absolute Gasteiger partial charge is 0.339 e. The second-order valence-corrected chi connectivity index (χ2v) is 6.90. The van der Waals surface area contributed by atoms with E-state index in [-0.39, 0.29) is 9.71 Å². The van der Waals surface area contributed by atoms with E-state index < -0.39 is 0 Å². The minimum atomic E-state index is -0.336. The van der Waals surface area contributed by atoms with Gasteiger partial charge in [0.15, 0.2) is 0 Å². The summed E-state index contributed by atoms with van der Waals surface area (Å²) in [5.74, 6) is -0.336. The largest absolute Gasteiger partial charge is 0.465 e. The molecule has 0 amide bonds. The number of hydrogen-bond acceptors (Lipinski definition) is 2. The average Bonchev–Trinajstić information content (AvgIpc) is 2.19. The minimum absolute atomic E-state index is 0.0768. The van der Waals surface area contributed by atoms with Crippen LogP contribution in [0.4, 0.5) is 0 Å². The highest BCUT2D eigenvalue weighted by molar-refractivity contribution is 9.24. The maximum Gasteiger partial charge on any atom is 0.339 e. The summed E-state index contributed by atoms with van der Waals surface area (Å²) in [6.07, 6.45) is 0. The lowest BCUT2D eigenvalue weighted by Crippen LogP contribution is -2.04. The van der Waals surface area contributed by atoms with E-state index in [1.807, 2.05) is 13.0 Å². The highest BCUT2D eigenvalue weighted by atomic mass is 79.9. The summed E-state index contributed by atoms with van der Waals surface area (Å²) in [5.41, 5.74) is 2.64. The van der Waals surface area contributed by atoms with Crippen LogP contribution in [0.15, 0.2) is 16.6 Å². The second-order valence-electron chi connectivity index (χ2n) is 2.98. The Bertz CT molecular complexity index is 388. The third-order valence-electron chi connectivity index (χ3n) is 2.00. The van der Waals surface area contributed by atoms with E-state index in [9.17, 15) is 4.79 Å². The Hall–Kier alpha value is 0.130. The molecule has 15 heavy (non-hydrogen) atoms. The van der Waals surface area contributed by atoms with Gasteiger partial charge in [-0.05, 0) is 46.1 Å². The molecule has 2 nitrogen and oxygen atoms in total. The molecule has 0 saturated heterocycles. The number of alkyl halides is 2. The number of hydrogen-bond donors (Lipinski definition) is 0. The molecule has 0 radical (unpaired) electrons. The molecule has 0 bridgehead atoms. The van der Waals surface area contributed by atoms with Gasteiger partial charge in [-0.3, -0.25) is 0 Å². The monoisotopic (exact) mass is 398 g/mol. The van der Waals surface area contributed by atoms with Crippen molar-refractivity contribution in [3.8, 4) is 0 Å². The van der Waals surface area contributed by atoms with Gasteiger partial charge in [0.1, 0.15) is 0 Å². The summed E-state index contributed by atoms with van der Waals surface area (Å²) in [6, 6.07) is 3.70. The third-order valence-corrected chi connectivity index (χ3v) is 3.64. The number of esters is 1. The summed E-state index contributed by atoms with van der Waals surface area (Å²) in [5, 5.41) is 0. The molecule has 5 heteroatoms. The third kappa shape index (κ3) is 3.04. The van der Waals surface area contributed by atoms with Gasteiger partial charge in [-0.15, -0.1) is 0 Å². The maximum absolute atomic E-state index is 11.4. The molecule has 1 rings (SSSR count). The van der Waals surface area contributed by atoms with Gasteiger partial charge in [0, 0.05) is 4.47 Å². The van der Waals surface area contributed by atoms with Crippen LogP contribution < -0.4 is 0 Å². The summed E-state index contributed by atoms with van der Waals surface area (Å²) in [6.45, 7) is 1.95. The topological polar surface area (TPSA) is 26.3 Å². The van der Waals surface area contributed by atoms with Crippen LogP contribution in [0.3, 0.4) is 0 Å². The molecule has 0 fully saturated rings. The van der Waals surface area contributed by atoms with Crippen molar-refractivity contribution in [3.63, 3.8) is 0 Å². The normalized spacial score (nSPS) is 10.5. The van der Waals surface area contributed by atoms with Crippen molar-refractivity contribution < 1.29 is 9.53 Å². The Kier molecular flexibility index (Phi) is 4.80. The highest BCUT2D eigenvalue weighted by Gasteiger charge is 2.15. The number of carbonyl (C=O) groups is 1. The SMILES string of the molecule is COC(=O)c1cc(C)c(C(Br)Br)cc1Br. The number of ether oxygens (including phenoxy) is 1. The number of methoxy groups -OCH3 is 1. The lowest BCUT2D eigenvalue weighted by Gasteiger charge is -2.10. The first-order valence-corrected chi connectivity index (χ1v) is 6.76. The average molecular weight is 401 g/mol. The Balaban J connectivity index is 3.25. The molecule has 1 aromatic rings. The van der Waals surface area contributed by atoms with Gasteiger partial charge in [-0.1, -0.05) is 31.9 Å². The van der Waals surface area contributed by atoms with Crippen molar-refractivity contribution >= 4 is 53.8 Å². The molecule has 1 aromatic carbocycles. The van der Waals surface area contributed by atoms with Crippen molar-refractivity contribution in [2.24, 2.45) is 0 Å². The summed E-state index contributed by atoms with van der Waals surface area (Å²) >= 11 is 10.2. The molecule has 0 N–H and O–H groups in total. The Morgan fingerprint density at radius 3 is 2.47 bits per heavy atom. The maximum atomic E-state index is 11.4. The number of benzene rings is 1. The highest BCUT2D eigenvalue weighted by Crippen LogP contribution is 2.34. The first-order valence-electron chi connectivity index (χ1n) is 4.14. The van der Waals surface area contributed by atoms with Gasteiger partial charge >= 0.3 is 5.97 Å². The van der Waals surface area contributed by atoms with E-state index in [0.29, 0.717) is 5.56 Å². The second kappa shape index (κ2) is 5.46. The number of halogens is 3. The van der Waals surface area contributed by atoms with E-state index in [2.05, 4.69) is 52.5 Å². The van der Waals surface area contributed by atoms with Crippen molar-refractivity contribution in [2.45, 2.75) is 10.7 Å². The van der Waals surface area contributed by atoms with E-state index in [1.165, 1.54) is 7.11 Å². The van der Waals surface area contributed by atoms with Crippen LogP contribution in [-0.2, 0) is 4.74 Å². The standard InChI is InChI=1S/C10H9Br3O2/c1-5-3-7(10(14)15-2)8(11)4-6(5)9(12)13/h3-4,9H,1-2H3. The summed E-state index contributed by atoms with van der Waals surface area (Å²) in [7, 11) is 1.37. The molecule has 0 unspecified atom stereocenters. The summed E-state index contributed by atoms with van der Waals surface area (Å²) in [4.78, 5) is 11.4. The molecule has 0 spiro atoms. The minimum Gasteiger partial charge on any atom is -0.465 e. The number of rotatable bonds is 2. The van der Waals surface area contributed by atoms with E-state index >= 15 is 0 Å². The first kappa shape index (κ1) is 13.2. The van der Waals surface area contributed by atoms with Crippen molar-refractivity contribution in [1.29, 1.82) is 0 Å². The van der Waals surface area contributed by atoms with Crippen LogP contribution in [-0.4, -0.2) is 13.1 Å². The molecule has 82 valence electrons. The fourth-order valence-electron chi connectivity index (χ4n) is 1.20. The van der Waals surface area contributed by atoms with Gasteiger partial charge in [0.2, 0.25) is 0 Å². The van der Waals surface area contributed by atoms with Gasteiger partial charge in [0.25, 0.3) is 0 Å². The molecule has 0 heterocycles. The Morgan fingerprint density at radius 2 is 2.00 bits per heavy atom. The molecule has 0 aromatic heterocycles. The zero-order valence-electron chi connectivity index (χ0n) is 8.18. The van der Waals surface area contributed by atoms with E-state index in [0.717, 1.165) is 15.6 Å². The van der Waals surface area contributed by atoms with Crippen LogP contribution in [0.5, 0.6) is 0 Å². The molecular formula is C10H9Br3O2. The van der Waals surface area contributed by atoms with Gasteiger partial charge in [-0.2, -0.15) is 0 Å². The fraction of sp³-hybridized carbons (Fsp3) is 0.300. The molecule has 0 aliphatic heterocycles. The predicted octanol–water partition coefficient (Wildman–Crippen LogP) is 4.33. The molecule has 0 saturated carbocycles. The first-order chi connectivity index (χ1) is 6.97. The van der Waals surface area contributed by atoms with Crippen molar-refractivity contribution in [3.05, 3.63) is 33.3 Å². The van der Waals surface area contributed by atoms with Crippen LogP contribution in [0.25, 0.3) is 0 Å². The fourth-order valence-corrected chi connectivity index (χ4v) is 2.71.